The predicted molar refractivity (Wildman–Crippen MR) is 260 cm³/mol. The fourth-order valence-electron chi connectivity index (χ4n) is 9.28. The SMILES string of the molecule is c1ccc2cc(-c3nc(-c4ccc(-c5c(-c6ccc7ccccc7c6)ccc6oc7cc8ccccc8cc7c56)cc4)nc(-c4cccc5sc6ccccc6c45)n3)ccc2c1. The molecule has 0 spiro atoms. The van der Waals surface area contributed by atoms with E-state index in [2.05, 4.69) is 200 Å². The summed E-state index contributed by atoms with van der Waals surface area (Å²) in [6, 6.07) is 71.1. The molecule has 0 saturated carbocycles. The number of hydrogen-bond acceptors (Lipinski definition) is 5. The Kier molecular flexibility index (Phi) is 7.74. The van der Waals surface area contributed by atoms with Gasteiger partial charge in [-0.25, -0.2) is 15.0 Å². The molecule has 62 heavy (non-hydrogen) atoms. The Bertz CT molecular complexity index is 3940. The van der Waals surface area contributed by atoms with Crippen molar-refractivity contribution in [1.82, 2.24) is 15.0 Å². The van der Waals surface area contributed by atoms with Crippen molar-refractivity contribution in [2.45, 2.75) is 0 Å². The van der Waals surface area contributed by atoms with Crippen LogP contribution in [0.3, 0.4) is 0 Å². The van der Waals surface area contributed by atoms with E-state index in [9.17, 15) is 0 Å². The lowest BCUT2D eigenvalue weighted by Crippen LogP contribution is -2.00. The number of nitrogens with zero attached hydrogens (tertiary/aromatic N) is 3. The topological polar surface area (TPSA) is 51.8 Å². The molecule has 3 aromatic heterocycles. The van der Waals surface area contributed by atoms with Crippen molar-refractivity contribution in [3.8, 4) is 56.4 Å². The molecule has 0 N–H and O–H groups in total. The Balaban J connectivity index is 1.02. The van der Waals surface area contributed by atoms with Crippen LogP contribution in [-0.4, -0.2) is 15.0 Å². The predicted octanol–water partition coefficient (Wildman–Crippen LogP) is 15.9. The standard InChI is InChI=1S/C57H33N3OS/c1-3-12-38-30-42(26-20-34(38)10-1)44-28-29-48-54(47-32-40-14-5-6-15-41(40)33-49(47)61-48)52(44)36-22-24-37(25-23-36)55-58-56(43-27-21-35-11-2-4-13-39(35)31-43)60-57(59-55)46-17-9-19-51-53(46)45-16-7-8-18-50(45)62-51/h1-33H. The summed E-state index contributed by atoms with van der Waals surface area (Å²) in [5.74, 6) is 1.91. The van der Waals surface area contributed by atoms with Crippen LogP contribution in [-0.2, 0) is 0 Å². The van der Waals surface area contributed by atoms with Gasteiger partial charge in [0.05, 0.1) is 0 Å². The molecule has 0 radical (unpaired) electrons. The van der Waals surface area contributed by atoms with Crippen LogP contribution in [0.4, 0.5) is 0 Å². The van der Waals surface area contributed by atoms with Crippen LogP contribution in [0.1, 0.15) is 0 Å². The van der Waals surface area contributed by atoms with E-state index in [1.54, 1.807) is 11.3 Å². The zero-order chi connectivity index (χ0) is 40.7. The summed E-state index contributed by atoms with van der Waals surface area (Å²) in [4.78, 5) is 15.7. The highest BCUT2D eigenvalue weighted by Gasteiger charge is 2.21. The fourth-order valence-corrected chi connectivity index (χ4v) is 10.4. The quantitative estimate of drug-likeness (QED) is 0.174. The third-order valence-corrected chi connectivity index (χ3v) is 13.4. The van der Waals surface area contributed by atoms with Gasteiger partial charge in [0, 0.05) is 53.2 Å². The second kappa shape index (κ2) is 13.8. The molecule has 0 aliphatic rings. The van der Waals surface area contributed by atoms with E-state index in [1.165, 1.54) is 41.7 Å². The molecule has 288 valence electrons. The van der Waals surface area contributed by atoms with Crippen LogP contribution in [0.15, 0.2) is 205 Å². The van der Waals surface area contributed by atoms with Gasteiger partial charge in [0.2, 0.25) is 0 Å². The molecule has 0 amide bonds. The van der Waals surface area contributed by atoms with Gasteiger partial charge in [0.1, 0.15) is 11.2 Å². The van der Waals surface area contributed by atoms with Crippen LogP contribution in [0.2, 0.25) is 0 Å². The lowest BCUT2D eigenvalue weighted by molar-refractivity contribution is 0.669. The van der Waals surface area contributed by atoms with E-state index in [4.69, 9.17) is 19.4 Å². The Labute approximate surface area is 360 Å². The van der Waals surface area contributed by atoms with Crippen molar-refractivity contribution in [3.63, 3.8) is 0 Å². The van der Waals surface area contributed by atoms with Crippen LogP contribution < -0.4 is 0 Å². The second-order valence-corrected chi connectivity index (χ2v) is 17.0. The lowest BCUT2D eigenvalue weighted by atomic mass is 9.89. The van der Waals surface area contributed by atoms with Crippen molar-refractivity contribution in [2.75, 3.05) is 0 Å². The van der Waals surface area contributed by atoms with Crippen molar-refractivity contribution >= 4 is 85.8 Å². The molecule has 10 aromatic carbocycles. The first kappa shape index (κ1) is 34.8. The fraction of sp³-hybridized carbons (Fsp3) is 0. The van der Waals surface area contributed by atoms with Gasteiger partial charge in [-0.3, -0.25) is 0 Å². The molecule has 0 atom stereocenters. The molecule has 0 fully saturated rings. The smallest absolute Gasteiger partial charge is 0.164 e. The third-order valence-electron chi connectivity index (χ3n) is 12.3. The normalized spacial score (nSPS) is 11.9. The van der Waals surface area contributed by atoms with Crippen molar-refractivity contribution < 1.29 is 4.42 Å². The number of thiophene rings is 1. The van der Waals surface area contributed by atoms with Gasteiger partial charge in [-0.1, -0.05) is 158 Å². The largest absolute Gasteiger partial charge is 0.456 e. The number of aromatic nitrogens is 3. The van der Waals surface area contributed by atoms with Crippen LogP contribution in [0, 0.1) is 0 Å². The number of fused-ring (bicyclic) bond motifs is 9. The van der Waals surface area contributed by atoms with E-state index >= 15 is 0 Å². The molecule has 0 aliphatic carbocycles. The second-order valence-electron chi connectivity index (χ2n) is 15.9. The Hall–Kier alpha value is -7.99. The molecule has 3 heterocycles. The maximum absolute atomic E-state index is 6.64. The van der Waals surface area contributed by atoms with E-state index in [0.29, 0.717) is 17.5 Å². The molecule has 0 aliphatic heterocycles. The first-order valence-electron chi connectivity index (χ1n) is 20.8. The Morgan fingerprint density at radius 2 is 0.887 bits per heavy atom. The van der Waals surface area contributed by atoms with E-state index in [-0.39, 0.29) is 0 Å². The van der Waals surface area contributed by atoms with E-state index < -0.39 is 0 Å². The Morgan fingerprint density at radius 3 is 1.65 bits per heavy atom. The first-order valence-corrected chi connectivity index (χ1v) is 21.6. The van der Waals surface area contributed by atoms with Gasteiger partial charge >= 0.3 is 0 Å². The number of rotatable bonds is 5. The maximum Gasteiger partial charge on any atom is 0.164 e. The van der Waals surface area contributed by atoms with Gasteiger partial charge < -0.3 is 4.42 Å². The molecule has 13 aromatic rings. The van der Waals surface area contributed by atoms with Crippen LogP contribution in [0.25, 0.3) is 131 Å². The molecular weight excluding hydrogens is 775 g/mol. The number of hydrogen-bond donors (Lipinski definition) is 0. The summed E-state index contributed by atoms with van der Waals surface area (Å²) in [6.07, 6.45) is 0. The summed E-state index contributed by atoms with van der Waals surface area (Å²) < 4.78 is 9.09. The van der Waals surface area contributed by atoms with Crippen molar-refractivity contribution in [2.24, 2.45) is 0 Å². The third kappa shape index (κ3) is 5.63. The minimum Gasteiger partial charge on any atom is -0.456 e. The summed E-state index contributed by atoms with van der Waals surface area (Å²) in [5.41, 5.74) is 9.08. The minimum atomic E-state index is 0.620. The number of furan rings is 1. The van der Waals surface area contributed by atoms with E-state index in [1.807, 2.05) is 0 Å². The summed E-state index contributed by atoms with van der Waals surface area (Å²) >= 11 is 1.80. The highest BCUT2D eigenvalue weighted by atomic mass is 32.1. The average molecular weight is 808 g/mol. The zero-order valence-corrected chi connectivity index (χ0v) is 34.0. The van der Waals surface area contributed by atoms with Crippen LogP contribution >= 0.6 is 11.3 Å². The van der Waals surface area contributed by atoms with Gasteiger partial charge in [-0.05, 0) is 91.5 Å². The van der Waals surface area contributed by atoms with Gasteiger partial charge in [0.15, 0.2) is 17.5 Å². The van der Waals surface area contributed by atoms with Crippen molar-refractivity contribution in [3.05, 3.63) is 200 Å². The first-order chi connectivity index (χ1) is 30.7. The van der Waals surface area contributed by atoms with Gasteiger partial charge in [-0.2, -0.15) is 0 Å². The Morgan fingerprint density at radius 1 is 0.323 bits per heavy atom. The highest BCUT2D eigenvalue weighted by Crippen LogP contribution is 2.45. The van der Waals surface area contributed by atoms with Gasteiger partial charge in [0.25, 0.3) is 0 Å². The molecular formula is C57H33N3OS. The van der Waals surface area contributed by atoms with Gasteiger partial charge in [-0.15, -0.1) is 11.3 Å². The summed E-state index contributed by atoms with van der Waals surface area (Å²) in [5, 5.41) is 11.6. The average Bonchev–Trinajstić information content (AvgIpc) is 3.90. The van der Waals surface area contributed by atoms with Crippen LogP contribution in [0.5, 0.6) is 0 Å². The zero-order valence-electron chi connectivity index (χ0n) is 33.2. The highest BCUT2D eigenvalue weighted by molar-refractivity contribution is 7.25. The molecule has 0 bridgehead atoms. The minimum absolute atomic E-state index is 0.620. The summed E-state index contributed by atoms with van der Waals surface area (Å²) in [7, 11) is 0. The molecule has 0 unspecified atom stereocenters. The monoisotopic (exact) mass is 807 g/mol. The number of benzene rings is 10. The molecule has 4 nitrogen and oxygen atoms in total. The lowest BCUT2D eigenvalue weighted by Gasteiger charge is -2.14. The van der Waals surface area contributed by atoms with E-state index in [0.717, 1.165) is 71.7 Å². The maximum atomic E-state index is 6.64. The van der Waals surface area contributed by atoms with Crippen molar-refractivity contribution in [1.29, 1.82) is 0 Å². The summed E-state index contributed by atoms with van der Waals surface area (Å²) in [6.45, 7) is 0. The molecule has 5 heteroatoms. The molecule has 0 saturated heterocycles. The molecule has 13 rings (SSSR count).